The summed E-state index contributed by atoms with van der Waals surface area (Å²) in [4.78, 5) is 0. The standard InChI is InChI=1S/C16H32O4/c1-3-4-5-6-7-8-9-10-12(2)16-15(19)14(18)13(17)11-20-16/h12-19H,3-11H2,1-2H3/t12?,13-,14+,15-,16?/m1/s1. The van der Waals surface area contributed by atoms with Crippen molar-refractivity contribution in [3.05, 3.63) is 0 Å². The van der Waals surface area contributed by atoms with Crippen molar-refractivity contribution in [1.29, 1.82) is 0 Å². The maximum Gasteiger partial charge on any atom is 0.111 e. The molecule has 4 heteroatoms. The number of rotatable bonds is 9. The monoisotopic (exact) mass is 288 g/mol. The molecule has 0 amide bonds. The van der Waals surface area contributed by atoms with Crippen molar-refractivity contribution in [2.24, 2.45) is 5.92 Å². The van der Waals surface area contributed by atoms with Gasteiger partial charge in [-0.25, -0.2) is 0 Å². The molecule has 0 spiro atoms. The lowest BCUT2D eigenvalue weighted by Crippen LogP contribution is -2.54. The van der Waals surface area contributed by atoms with Crippen LogP contribution in [0.3, 0.4) is 0 Å². The fourth-order valence-corrected chi connectivity index (χ4v) is 2.92. The van der Waals surface area contributed by atoms with Gasteiger partial charge in [0.15, 0.2) is 0 Å². The van der Waals surface area contributed by atoms with Gasteiger partial charge < -0.3 is 20.1 Å². The first-order chi connectivity index (χ1) is 9.57. The quantitative estimate of drug-likeness (QED) is 0.569. The lowest BCUT2D eigenvalue weighted by atomic mass is 9.88. The molecule has 0 aromatic rings. The van der Waals surface area contributed by atoms with E-state index < -0.39 is 18.3 Å². The second kappa shape index (κ2) is 9.72. The summed E-state index contributed by atoms with van der Waals surface area (Å²) in [6.45, 7) is 4.39. The van der Waals surface area contributed by atoms with E-state index in [-0.39, 0.29) is 18.6 Å². The topological polar surface area (TPSA) is 69.9 Å². The summed E-state index contributed by atoms with van der Waals surface area (Å²) < 4.78 is 5.48. The lowest BCUT2D eigenvalue weighted by molar-refractivity contribution is -0.199. The Balaban J connectivity index is 2.14. The van der Waals surface area contributed by atoms with Crippen LogP contribution in [0.25, 0.3) is 0 Å². The minimum Gasteiger partial charge on any atom is -0.388 e. The lowest BCUT2D eigenvalue weighted by Gasteiger charge is -2.38. The molecule has 0 aliphatic carbocycles. The Kier molecular flexibility index (Phi) is 8.69. The summed E-state index contributed by atoms with van der Waals surface area (Å²) >= 11 is 0. The van der Waals surface area contributed by atoms with Crippen LogP contribution in [-0.2, 0) is 4.74 Å². The van der Waals surface area contributed by atoms with E-state index in [0.717, 1.165) is 12.8 Å². The summed E-state index contributed by atoms with van der Waals surface area (Å²) in [7, 11) is 0. The van der Waals surface area contributed by atoms with Gasteiger partial charge in [0.05, 0.1) is 12.7 Å². The third-order valence-corrected chi connectivity index (χ3v) is 4.36. The molecule has 1 aliphatic heterocycles. The predicted octanol–water partition coefficient (Wildman–Crippen LogP) is 2.24. The summed E-state index contributed by atoms with van der Waals surface area (Å²) in [5.74, 6) is 0.211. The second-order valence-electron chi connectivity index (χ2n) is 6.23. The van der Waals surface area contributed by atoms with Gasteiger partial charge in [0, 0.05) is 0 Å². The minimum absolute atomic E-state index is 0.115. The Morgan fingerprint density at radius 3 is 2.20 bits per heavy atom. The maximum atomic E-state index is 9.94. The zero-order valence-electron chi connectivity index (χ0n) is 13.0. The number of aliphatic hydroxyl groups is 3. The molecule has 1 aliphatic rings. The van der Waals surface area contributed by atoms with Gasteiger partial charge in [-0.15, -0.1) is 0 Å². The Bertz CT molecular complexity index is 247. The van der Waals surface area contributed by atoms with E-state index in [4.69, 9.17) is 4.74 Å². The van der Waals surface area contributed by atoms with Gasteiger partial charge in [0.1, 0.15) is 18.3 Å². The van der Waals surface area contributed by atoms with Gasteiger partial charge in [-0.2, -0.15) is 0 Å². The molecule has 0 radical (unpaired) electrons. The van der Waals surface area contributed by atoms with E-state index >= 15 is 0 Å². The predicted molar refractivity (Wildman–Crippen MR) is 79.5 cm³/mol. The first kappa shape index (κ1) is 17.9. The zero-order valence-corrected chi connectivity index (χ0v) is 13.0. The highest BCUT2D eigenvalue weighted by molar-refractivity contribution is 4.88. The van der Waals surface area contributed by atoms with E-state index in [1.165, 1.54) is 38.5 Å². The number of aliphatic hydroxyl groups excluding tert-OH is 3. The number of unbranched alkanes of at least 4 members (excludes halogenated alkanes) is 6. The van der Waals surface area contributed by atoms with Gasteiger partial charge in [-0.1, -0.05) is 58.8 Å². The smallest absolute Gasteiger partial charge is 0.111 e. The molecule has 20 heavy (non-hydrogen) atoms. The van der Waals surface area contributed by atoms with E-state index in [1.54, 1.807) is 0 Å². The van der Waals surface area contributed by atoms with Crippen molar-refractivity contribution < 1.29 is 20.1 Å². The van der Waals surface area contributed by atoms with Crippen LogP contribution in [0.1, 0.15) is 65.2 Å². The van der Waals surface area contributed by atoms with E-state index in [2.05, 4.69) is 13.8 Å². The fourth-order valence-electron chi connectivity index (χ4n) is 2.92. The Morgan fingerprint density at radius 1 is 0.950 bits per heavy atom. The molecule has 1 saturated heterocycles. The van der Waals surface area contributed by atoms with E-state index in [0.29, 0.717) is 0 Å². The summed E-state index contributed by atoms with van der Waals surface area (Å²) in [6, 6.07) is 0. The van der Waals surface area contributed by atoms with Crippen LogP contribution in [0.2, 0.25) is 0 Å². The van der Waals surface area contributed by atoms with Crippen LogP contribution in [0.5, 0.6) is 0 Å². The van der Waals surface area contributed by atoms with Gasteiger partial charge in [-0.3, -0.25) is 0 Å². The van der Waals surface area contributed by atoms with Gasteiger partial charge in [-0.05, 0) is 12.3 Å². The third-order valence-electron chi connectivity index (χ3n) is 4.36. The zero-order chi connectivity index (χ0) is 15.0. The summed E-state index contributed by atoms with van der Waals surface area (Å²) in [6.07, 6.45) is 6.53. The van der Waals surface area contributed by atoms with Gasteiger partial charge in [0.2, 0.25) is 0 Å². The molecule has 0 bridgehead atoms. The molecule has 2 unspecified atom stereocenters. The molecule has 4 nitrogen and oxygen atoms in total. The fraction of sp³-hybridized carbons (Fsp3) is 1.00. The molecule has 5 atom stereocenters. The van der Waals surface area contributed by atoms with Crippen molar-refractivity contribution in [2.45, 2.75) is 89.6 Å². The van der Waals surface area contributed by atoms with E-state index in [9.17, 15) is 15.3 Å². The van der Waals surface area contributed by atoms with Crippen LogP contribution < -0.4 is 0 Å². The molecule has 1 heterocycles. The number of hydrogen-bond acceptors (Lipinski definition) is 4. The maximum absolute atomic E-state index is 9.94. The Hall–Kier alpha value is -0.160. The third kappa shape index (κ3) is 5.68. The Morgan fingerprint density at radius 2 is 1.55 bits per heavy atom. The van der Waals surface area contributed by atoms with Crippen LogP contribution in [0.15, 0.2) is 0 Å². The Labute approximate surface area is 123 Å². The van der Waals surface area contributed by atoms with Crippen LogP contribution >= 0.6 is 0 Å². The largest absolute Gasteiger partial charge is 0.388 e. The highest BCUT2D eigenvalue weighted by Crippen LogP contribution is 2.25. The van der Waals surface area contributed by atoms with Crippen molar-refractivity contribution in [1.82, 2.24) is 0 Å². The molecular formula is C16H32O4. The summed E-state index contributed by atoms with van der Waals surface area (Å²) in [5.41, 5.74) is 0. The average Bonchev–Trinajstić information content (AvgIpc) is 2.43. The number of hydrogen-bond donors (Lipinski definition) is 3. The SMILES string of the molecule is CCCCCCCCCC(C)C1OC[C@@H](O)[C@H](O)[C@H]1O. The normalized spacial score (nSPS) is 32.2. The first-order valence-corrected chi connectivity index (χ1v) is 8.23. The first-order valence-electron chi connectivity index (χ1n) is 8.23. The van der Waals surface area contributed by atoms with Crippen molar-refractivity contribution >= 4 is 0 Å². The molecule has 3 N–H and O–H groups in total. The summed E-state index contributed by atoms with van der Waals surface area (Å²) in [5, 5.41) is 29.1. The molecule has 1 fully saturated rings. The van der Waals surface area contributed by atoms with Crippen molar-refractivity contribution in [3.63, 3.8) is 0 Å². The van der Waals surface area contributed by atoms with E-state index in [1.807, 2.05) is 0 Å². The molecule has 0 aromatic carbocycles. The minimum atomic E-state index is -1.08. The molecular weight excluding hydrogens is 256 g/mol. The van der Waals surface area contributed by atoms with Crippen LogP contribution in [0, 0.1) is 5.92 Å². The van der Waals surface area contributed by atoms with Crippen molar-refractivity contribution in [2.75, 3.05) is 6.61 Å². The average molecular weight is 288 g/mol. The molecule has 0 aromatic heterocycles. The molecule has 0 saturated carbocycles. The highest BCUT2D eigenvalue weighted by atomic mass is 16.5. The van der Waals surface area contributed by atoms with Gasteiger partial charge in [0.25, 0.3) is 0 Å². The van der Waals surface area contributed by atoms with Crippen LogP contribution in [0.4, 0.5) is 0 Å². The second-order valence-corrected chi connectivity index (χ2v) is 6.23. The molecule has 120 valence electrons. The van der Waals surface area contributed by atoms with Crippen LogP contribution in [-0.4, -0.2) is 46.3 Å². The molecule has 1 rings (SSSR count). The van der Waals surface area contributed by atoms with Gasteiger partial charge >= 0.3 is 0 Å². The number of ether oxygens (including phenoxy) is 1. The van der Waals surface area contributed by atoms with Crippen molar-refractivity contribution in [3.8, 4) is 0 Å². The highest BCUT2D eigenvalue weighted by Gasteiger charge is 2.39.